The van der Waals surface area contributed by atoms with E-state index in [4.69, 9.17) is 4.74 Å². The van der Waals surface area contributed by atoms with Crippen molar-refractivity contribution >= 4 is 29.4 Å². The van der Waals surface area contributed by atoms with Gasteiger partial charge in [0.25, 0.3) is 0 Å². The zero-order valence-corrected chi connectivity index (χ0v) is 10.1. The number of carbonyl (C=O) groups excluding carboxylic acids is 2. The lowest BCUT2D eigenvalue weighted by Crippen LogP contribution is -2.36. The SMILES string of the molecule is COc1cccc(NC(=O)N2CSCC2=O)c1. The molecule has 2 rings (SSSR count). The number of rotatable bonds is 2. The fourth-order valence-electron chi connectivity index (χ4n) is 1.44. The van der Waals surface area contributed by atoms with Gasteiger partial charge in [0.05, 0.1) is 18.7 Å². The molecule has 1 fully saturated rings. The van der Waals surface area contributed by atoms with Crippen molar-refractivity contribution in [1.82, 2.24) is 4.90 Å². The Hall–Kier alpha value is -1.69. The molecule has 0 atom stereocenters. The highest BCUT2D eigenvalue weighted by molar-refractivity contribution is 8.00. The Kier molecular flexibility index (Phi) is 3.53. The van der Waals surface area contributed by atoms with Gasteiger partial charge in [-0.25, -0.2) is 4.79 Å². The van der Waals surface area contributed by atoms with Crippen molar-refractivity contribution in [3.63, 3.8) is 0 Å². The minimum absolute atomic E-state index is 0.157. The maximum Gasteiger partial charge on any atom is 0.329 e. The summed E-state index contributed by atoms with van der Waals surface area (Å²) in [6, 6.07) is 6.61. The summed E-state index contributed by atoms with van der Waals surface area (Å²) in [7, 11) is 1.56. The van der Waals surface area contributed by atoms with Crippen LogP contribution in [0.25, 0.3) is 0 Å². The van der Waals surface area contributed by atoms with Gasteiger partial charge in [0.1, 0.15) is 5.75 Å². The summed E-state index contributed by atoms with van der Waals surface area (Å²) in [4.78, 5) is 24.3. The molecule has 0 aliphatic carbocycles. The minimum Gasteiger partial charge on any atom is -0.497 e. The van der Waals surface area contributed by atoms with Gasteiger partial charge in [-0.3, -0.25) is 9.69 Å². The maximum absolute atomic E-state index is 11.8. The van der Waals surface area contributed by atoms with Crippen LogP contribution in [-0.2, 0) is 4.79 Å². The highest BCUT2D eigenvalue weighted by atomic mass is 32.2. The number of anilines is 1. The Bertz CT molecular complexity index is 450. The molecule has 0 radical (unpaired) electrons. The molecule has 1 aromatic rings. The molecule has 0 aromatic heterocycles. The van der Waals surface area contributed by atoms with E-state index >= 15 is 0 Å². The van der Waals surface area contributed by atoms with Gasteiger partial charge in [-0.05, 0) is 12.1 Å². The normalized spacial score (nSPS) is 14.9. The smallest absolute Gasteiger partial charge is 0.329 e. The monoisotopic (exact) mass is 252 g/mol. The Morgan fingerprint density at radius 1 is 1.53 bits per heavy atom. The Balaban J connectivity index is 2.04. The van der Waals surface area contributed by atoms with E-state index in [-0.39, 0.29) is 5.91 Å². The Morgan fingerprint density at radius 2 is 2.35 bits per heavy atom. The van der Waals surface area contributed by atoms with Crippen LogP contribution in [0, 0.1) is 0 Å². The van der Waals surface area contributed by atoms with Crippen LogP contribution < -0.4 is 10.1 Å². The molecule has 1 saturated heterocycles. The quantitative estimate of drug-likeness (QED) is 0.871. The van der Waals surface area contributed by atoms with E-state index in [1.54, 1.807) is 31.4 Å². The molecule has 1 heterocycles. The maximum atomic E-state index is 11.8. The molecule has 6 heteroatoms. The molecular formula is C11H12N2O3S. The number of carbonyl (C=O) groups is 2. The zero-order valence-electron chi connectivity index (χ0n) is 9.30. The first-order chi connectivity index (χ1) is 8.20. The zero-order chi connectivity index (χ0) is 12.3. The lowest BCUT2D eigenvalue weighted by Gasteiger charge is -2.14. The standard InChI is InChI=1S/C11H12N2O3S/c1-16-9-4-2-3-8(5-9)12-11(15)13-7-17-6-10(13)14/h2-5H,6-7H2,1H3,(H,12,15). The molecule has 0 bridgehead atoms. The molecule has 3 amide bonds. The van der Waals surface area contributed by atoms with E-state index < -0.39 is 6.03 Å². The molecule has 1 N–H and O–H groups in total. The summed E-state index contributed by atoms with van der Waals surface area (Å²) >= 11 is 1.43. The average molecular weight is 252 g/mol. The lowest BCUT2D eigenvalue weighted by molar-refractivity contribution is -0.123. The van der Waals surface area contributed by atoms with Crippen molar-refractivity contribution in [3.05, 3.63) is 24.3 Å². The largest absolute Gasteiger partial charge is 0.497 e. The van der Waals surface area contributed by atoms with E-state index in [9.17, 15) is 9.59 Å². The molecule has 17 heavy (non-hydrogen) atoms. The first-order valence-electron chi connectivity index (χ1n) is 5.04. The first kappa shape index (κ1) is 11.8. The molecule has 1 aliphatic heterocycles. The predicted octanol–water partition coefficient (Wildman–Crippen LogP) is 1.76. The summed E-state index contributed by atoms with van der Waals surface area (Å²) in [5.74, 6) is 1.28. The number of thioether (sulfide) groups is 1. The topological polar surface area (TPSA) is 58.6 Å². The van der Waals surface area contributed by atoms with Crippen molar-refractivity contribution in [2.24, 2.45) is 0 Å². The van der Waals surface area contributed by atoms with E-state index in [1.807, 2.05) is 0 Å². The number of nitrogens with zero attached hydrogens (tertiary/aromatic N) is 1. The van der Waals surface area contributed by atoms with Crippen LogP contribution in [-0.4, -0.2) is 35.6 Å². The van der Waals surface area contributed by atoms with E-state index in [1.165, 1.54) is 16.7 Å². The number of hydrogen-bond donors (Lipinski definition) is 1. The van der Waals surface area contributed by atoms with Crippen LogP contribution in [0.4, 0.5) is 10.5 Å². The van der Waals surface area contributed by atoms with Gasteiger partial charge >= 0.3 is 6.03 Å². The second-order valence-electron chi connectivity index (χ2n) is 3.46. The number of imide groups is 1. The van der Waals surface area contributed by atoms with Gasteiger partial charge in [0.15, 0.2) is 0 Å². The lowest BCUT2D eigenvalue weighted by atomic mass is 10.3. The van der Waals surface area contributed by atoms with Crippen molar-refractivity contribution in [2.45, 2.75) is 0 Å². The van der Waals surface area contributed by atoms with Gasteiger partial charge < -0.3 is 10.1 Å². The number of nitrogens with one attached hydrogen (secondary N) is 1. The molecule has 0 unspecified atom stereocenters. The fraction of sp³-hybridized carbons (Fsp3) is 0.273. The number of methoxy groups -OCH3 is 1. The van der Waals surface area contributed by atoms with Crippen LogP contribution in [0.2, 0.25) is 0 Å². The van der Waals surface area contributed by atoms with Gasteiger partial charge in [-0.1, -0.05) is 6.07 Å². The second-order valence-corrected chi connectivity index (χ2v) is 4.42. The number of hydrogen-bond acceptors (Lipinski definition) is 4. The van der Waals surface area contributed by atoms with E-state index in [0.717, 1.165) is 0 Å². The highest BCUT2D eigenvalue weighted by Gasteiger charge is 2.26. The van der Waals surface area contributed by atoms with E-state index in [2.05, 4.69) is 5.32 Å². The van der Waals surface area contributed by atoms with Crippen molar-refractivity contribution in [2.75, 3.05) is 24.1 Å². The molecule has 1 aliphatic rings. The van der Waals surface area contributed by atoms with Crippen molar-refractivity contribution < 1.29 is 14.3 Å². The first-order valence-corrected chi connectivity index (χ1v) is 6.19. The highest BCUT2D eigenvalue weighted by Crippen LogP contribution is 2.19. The summed E-state index contributed by atoms with van der Waals surface area (Å²) in [5, 5.41) is 2.66. The third kappa shape index (κ3) is 2.71. The Morgan fingerprint density at radius 3 is 3.00 bits per heavy atom. The second kappa shape index (κ2) is 5.09. The molecule has 1 aromatic carbocycles. The molecule has 90 valence electrons. The average Bonchev–Trinajstić information content (AvgIpc) is 2.76. The van der Waals surface area contributed by atoms with Crippen LogP contribution in [0.5, 0.6) is 5.75 Å². The van der Waals surface area contributed by atoms with Crippen LogP contribution in [0.1, 0.15) is 0 Å². The van der Waals surface area contributed by atoms with Gasteiger partial charge in [-0.15, -0.1) is 11.8 Å². The van der Waals surface area contributed by atoms with Crippen LogP contribution in [0.15, 0.2) is 24.3 Å². The molecule has 0 spiro atoms. The van der Waals surface area contributed by atoms with Crippen molar-refractivity contribution in [1.29, 1.82) is 0 Å². The summed E-state index contributed by atoms with van der Waals surface area (Å²) in [6.07, 6.45) is 0. The fourth-order valence-corrected chi connectivity index (χ4v) is 2.30. The van der Waals surface area contributed by atoms with Gasteiger partial charge in [-0.2, -0.15) is 0 Å². The van der Waals surface area contributed by atoms with Crippen molar-refractivity contribution in [3.8, 4) is 5.75 Å². The predicted molar refractivity (Wildman–Crippen MR) is 66.2 cm³/mol. The summed E-state index contributed by atoms with van der Waals surface area (Å²) in [6.45, 7) is 0. The summed E-state index contributed by atoms with van der Waals surface area (Å²) < 4.78 is 5.05. The number of benzene rings is 1. The third-order valence-electron chi connectivity index (χ3n) is 2.31. The summed E-state index contributed by atoms with van der Waals surface area (Å²) in [5.41, 5.74) is 0.610. The molecular weight excluding hydrogens is 240 g/mol. The van der Waals surface area contributed by atoms with Gasteiger partial charge in [0, 0.05) is 11.8 Å². The minimum atomic E-state index is -0.395. The van der Waals surface area contributed by atoms with Gasteiger partial charge in [0.2, 0.25) is 5.91 Å². The third-order valence-corrected chi connectivity index (χ3v) is 3.20. The van der Waals surface area contributed by atoms with Crippen LogP contribution in [0.3, 0.4) is 0 Å². The van der Waals surface area contributed by atoms with Crippen LogP contribution >= 0.6 is 11.8 Å². The molecule has 5 nitrogen and oxygen atoms in total. The Labute approximate surface area is 103 Å². The number of amides is 3. The number of urea groups is 1. The van der Waals surface area contributed by atoms with E-state index in [0.29, 0.717) is 23.1 Å². The number of ether oxygens (including phenoxy) is 1. The molecule has 0 saturated carbocycles.